The van der Waals surface area contributed by atoms with Crippen LogP contribution in [0.25, 0.3) is 22.3 Å². The number of carbonyl (C=O) groups is 5. The number of imide groups is 2. The molecule has 5 aromatic rings. The second-order valence-electron chi connectivity index (χ2n) is 14.9. The van der Waals surface area contributed by atoms with E-state index < -0.39 is 41.3 Å². The number of benzene rings is 2. The molecule has 304 valence electrons. The Balaban J connectivity index is 0.824. The number of aryl methyl sites for hydroxylation is 1. The normalized spacial score (nSPS) is 17.3. The molecule has 0 spiro atoms. The first-order valence-electron chi connectivity index (χ1n) is 19.3. The quantitative estimate of drug-likeness (QED) is 0.135. The fourth-order valence-corrected chi connectivity index (χ4v) is 8.83. The lowest BCUT2D eigenvalue weighted by Gasteiger charge is -2.34. The number of halogens is 2. The van der Waals surface area contributed by atoms with Gasteiger partial charge in [0, 0.05) is 74.0 Å². The maximum Gasteiger partial charge on any atom is 0.263 e. The van der Waals surface area contributed by atoms with Crippen LogP contribution < -0.4 is 10.6 Å². The summed E-state index contributed by atoms with van der Waals surface area (Å²) < 4.78 is 32.0. The van der Waals surface area contributed by atoms with Gasteiger partial charge >= 0.3 is 0 Å². The summed E-state index contributed by atoms with van der Waals surface area (Å²) in [5.74, 6) is -1.92. The molecule has 2 N–H and O–H groups in total. The number of amides is 5. The molecule has 6 heterocycles. The van der Waals surface area contributed by atoms with Crippen LogP contribution in [-0.4, -0.2) is 107 Å². The lowest BCUT2D eigenvalue weighted by atomic mass is 10.0. The number of piperidine rings is 1. The van der Waals surface area contributed by atoms with E-state index in [1.165, 1.54) is 17.8 Å². The molecule has 0 aliphatic carbocycles. The SMILES string of the molecule is Cc1nc2c(F)cc(-c3nc(Nc4ccc(CN5CCN(C(=O)CCSc6cccc7c6C(=O)N(C6CCC(=O)NC6=O)C7=O)CC5)cn4)ncc3F)cc2n1C(C)C. The van der Waals surface area contributed by atoms with Crippen LogP contribution in [0.3, 0.4) is 0 Å². The Labute approximate surface area is 341 Å². The van der Waals surface area contributed by atoms with Gasteiger partial charge in [-0.05, 0) is 63.1 Å². The zero-order valence-electron chi connectivity index (χ0n) is 32.5. The third kappa shape index (κ3) is 7.89. The number of aromatic nitrogens is 5. The summed E-state index contributed by atoms with van der Waals surface area (Å²) in [5, 5.41) is 5.21. The zero-order chi connectivity index (χ0) is 41.5. The fraction of sp³-hybridized carbons (Fsp3) is 0.341. The number of rotatable bonds is 11. The summed E-state index contributed by atoms with van der Waals surface area (Å²) in [6, 6.07) is 10.5. The van der Waals surface area contributed by atoms with Crippen LogP contribution in [0.15, 0.2) is 59.8 Å². The number of thioether (sulfide) groups is 1. The molecule has 18 heteroatoms. The summed E-state index contributed by atoms with van der Waals surface area (Å²) in [5.41, 5.74) is 2.35. The maximum atomic E-state index is 15.1. The highest BCUT2D eigenvalue weighted by Crippen LogP contribution is 2.35. The molecule has 3 aliphatic rings. The smallest absolute Gasteiger partial charge is 0.263 e. The van der Waals surface area contributed by atoms with Gasteiger partial charge in [-0.1, -0.05) is 12.1 Å². The van der Waals surface area contributed by atoms with Gasteiger partial charge in [-0.3, -0.25) is 39.1 Å². The molecule has 5 amide bonds. The third-order valence-corrected chi connectivity index (χ3v) is 11.7. The molecule has 0 saturated carbocycles. The van der Waals surface area contributed by atoms with E-state index in [9.17, 15) is 24.0 Å². The molecule has 59 heavy (non-hydrogen) atoms. The number of hydrogen-bond acceptors (Lipinski definition) is 12. The fourth-order valence-electron chi connectivity index (χ4n) is 7.82. The van der Waals surface area contributed by atoms with Crippen LogP contribution in [0.4, 0.5) is 20.5 Å². The topological polar surface area (TPSA) is 176 Å². The Morgan fingerprint density at radius 1 is 0.966 bits per heavy atom. The van der Waals surface area contributed by atoms with E-state index in [0.29, 0.717) is 60.5 Å². The average Bonchev–Trinajstić information content (AvgIpc) is 3.69. The predicted molar refractivity (Wildman–Crippen MR) is 214 cm³/mol. The first kappa shape index (κ1) is 39.7. The molecule has 0 bridgehead atoms. The maximum absolute atomic E-state index is 15.1. The Hall–Kier alpha value is -6.14. The minimum atomic E-state index is -1.04. The van der Waals surface area contributed by atoms with Crippen LogP contribution >= 0.6 is 11.8 Å². The van der Waals surface area contributed by atoms with Gasteiger partial charge in [-0.2, -0.15) is 0 Å². The van der Waals surface area contributed by atoms with Crippen LogP contribution in [0.2, 0.25) is 0 Å². The number of piperazine rings is 1. The van der Waals surface area contributed by atoms with Crippen molar-refractivity contribution in [3.8, 4) is 11.3 Å². The number of pyridine rings is 1. The second-order valence-corrected chi connectivity index (χ2v) is 16.0. The van der Waals surface area contributed by atoms with E-state index in [1.54, 1.807) is 43.5 Å². The largest absolute Gasteiger partial charge is 0.340 e. The minimum absolute atomic E-state index is 0.0106. The van der Waals surface area contributed by atoms with Crippen molar-refractivity contribution in [2.75, 3.05) is 37.2 Å². The Morgan fingerprint density at radius 2 is 1.76 bits per heavy atom. The number of hydrogen-bond donors (Lipinski definition) is 2. The van der Waals surface area contributed by atoms with E-state index >= 15 is 8.78 Å². The second kappa shape index (κ2) is 16.2. The Morgan fingerprint density at radius 3 is 2.49 bits per heavy atom. The van der Waals surface area contributed by atoms with Crippen molar-refractivity contribution >= 4 is 64.1 Å². The van der Waals surface area contributed by atoms with E-state index in [2.05, 4.69) is 35.5 Å². The van der Waals surface area contributed by atoms with Gasteiger partial charge in [-0.15, -0.1) is 11.8 Å². The van der Waals surface area contributed by atoms with Crippen molar-refractivity contribution in [1.29, 1.82) is 0 Å². The number of anilines is 2. The van der Waals surface area contributed by atoms with Gasteiger partial charge < -0.3 is 14.8 Å². The summed E-state index contributed by atoms with van der Waals surface area (Å²) in [6.45, 7) is 8.77. The Bertz CT molecular complexity index is 2520. The molecule has 1 unspecified atom stereocenters. The van der Waals surface area contributed by atoms with Gasteiger partial charge in [-0.25, -0.2) is 28.7 Å². The molecular formula is C41H40F2N10O5S. The van der Waals surface area contributed by atoms with E-state index in [4.69, 9.17) is 0 Å². The van der Waals surface area contributed by atoms with E-state index in [0.717, 1.165) is 16.7 Å². The van der Waals surface area contributed by atoms with E-state index in [-0.39, 0.29) is 65.1 Å². The first-order valence-corrected chi connectivity index (χ1v) is 20.2. The van der Waals surface area contributed by atoms with Crippen LogP contribution in [0.1, 0.15) is 71.3 Å². The monoisotopic (exact) mass is 822 g/mol. The lowest BCUT2D eigenvalue weighted by Crippen LogP contribution is -2.54. The third-order valence-electron chi connectivity index (χ3n) is 10.7. The first-order chi connectivity index (χ1) is 28.4. The van der Waals surface area contributed by atoms with Crippen molar-refractivity contribution < 1.29 is 32.8 Å². The highest BCUT2D eigenvalue weighted by molar-refractivity contribution is 7.99. The van der Waals surface area contributed by atoms with Crippen molar-refractivity contribution in [1.82, 2.24) is 44.5 Å². The van der Waals surface area contributed by atoms with Gasteiger partial charge in [0.05, 0.1) is 22.8 Å². The van der Waals surface area contributed by atoms with E-state index in [1.807, 2.05) is 29.4 Å². The van der Waals surface area contributed by atoms with Gasteiger partial charge in [0.1, 0.15) is 28.9 Å². The van der Waals surface area contributed by atoms with Crippen molar-refractivity contribution in [2.45, 2.75) is 63.6 Å². The Kier molecular flexibility index (Phi) is 10.9. The summed E-state index contributed by atoms with van der Waals surface area (Å²) >= 11 is 1.31. The zero-order valence-corrected chi connectivity index (χ0v) is 33.3. The lowest BCUT2D eigenvalue weighted by molar-refractivity contribution is -0.136. The number of nitrogens with one attached hydrogen (secondary N) is 2. The van der Waals surface area contributed by atoms with Crippen molar-refractivity contribution in [3.05, 3.63) is 89.0 Å². The van der Waals surface area contributed by atoms with Crippen molar-refractivity contribution in [3.63, 3.8) is 0 Å². The number of fused-ring (bicyclic) bond motifs is 2. The van der Waals surface area contributed by atoms with Gasteiger partial charge in [0.15, 0.2) is 11.6 Å². The van der Waals surface area contributed by atoms with Crippen LogP contribution in [-0.2, 0) is 20.9 Å². The number of nitrogens with zero attached hydrogens (tertiary/aromatic N) is 8. The van der Waals surface area contributed by atoms with Gasteiger partial charge in [0.2, 0.25) is 23.7 Å². The summed E-state index contributed by atoms with van der Waals surface area (Å²) in [4.78, 5) is 86.6. The summed E-state index contributed by atoms with van der Waals surface area (Å²) in [6.07, 6.45) is 3.12. The summed E-state index contributed by atoms with van der Waals surface area (Å²) in [7, 11) is 0. The molecule has 1 atom stereocenters. The molecule has 8 rings (SSSR count). The minimum Gasteiger partial charge on any atom is -0.340 e. The van der Waals surface area contributed by atoms with Crippen LogP contribution in [0, 0.1) is 18.6 Å². The standard InChI is InChI=1S/C41H40F2N10O5S/c1-22(2)52-23(3)46-37-27(42)17-25(18-30(37)52)36-28(43)20-45-41(49-36)47-32-9-7-24(19-44-32)21-50-12-14-51(15-13-50)34(55)11-16-59-31-6-4-5-26-35(31)40(58)53(39(26)57)29-8-10-33(54)48-38(29)56/h4-7,9,17-20,22,29H,8,10-16,21H2,1-3H3,(H,48,54,56)(H,44,45,47,49). The number of carbonyl (C=O) groups excluding carboxylic acids is 5. The molecule has 2 fully saturated rings. The molecule has 15 nitrogen and oxygen atoms in total. The van der Waals surface area contributed by atoms with Gasteiger partial charge in [0.25, 0.3) is 11.8 Å². The van der Waals surface area contributed by atoms with Crippen LogP contribution in [0.5, 0.6) is 0 Å². The van der Waals surface area contributed by atoms with Crippen molar-refractivity contribution in [2.24, 2.45) is 0 Å². The predicted octanol–water partition coefficient (Wildman–Crippen LogP) is 5.03. The molecule has 2 aromatic carbocycles. The molecule has 3 aliphatic heterocycles. The molecule has 0 radical (unpaired) electrons. The molecular weight excluding hydrogens is 783 g/mol. The highest BCUT2D eigenvalue weighted by Gasteiger charge is 2.45. The highest BCUT2D eigenvalue weighted by atomic mass is 32.2. The number of imidazole rings is 1. The molecule has 3 aromatic heterocycles. The molecule has 2 saturated heterocycles. The average molecular weight is 823 g/mol.